The lowest BCUT2D eigenvalue weighted by atomic mass is 10.2. The van der Waals surface area contributed by atoms with Crippen molar-refractivity contribution >= 4 is 28.9 Å². The summed E-state index contributed by atoms with van der Waals surface area (Å²) >= 11 is 5.71. The number of nitrogens with one attached hydrogen (secondary N) is 1. The largest absolute Gasteiger partial charge is 0.325 e. The SMILES string of the molecule is NCc1cc(C(=O)Nc2ccc(Cl)c([N+](=O)[O-])c2)ccn1. The molecule has 0 saturated carbocycles. The van der Waals surface area contributed by atoms with Crippen molar-refractivity contribution in [1.82, 2.24) is 4.98 Å². The first kappa shape index (κ1) is 14.9. The van der Waals surface area contributed by atoms with E-state index in [0.717, 1.165) is 0 Å². The molecule has 21 heavy (non-hydrogen) atoms. The van der Waals surface area contributed by atoms with Gasteiger partial charge in [0.05, 0.1) is 10.6 Å². The Balaban J connectivity index is 2.23. The highest BCUT2D eigenvalue weighted by Gasteiger charge is 2.14. The van der Waals surface area contributed by atoms with Gasteiger partial charge in [-0.1, -0.05) is 11.6 Å². The number of carbonyl (C=O) groups excluding carboxylic acids is 1. The quantitative estimate of drug-likeness (QED) is 0.665. The second-order valence-corrected chi connectivity index (χ2v) is 4.52. The van der Waals surface area contributed by atoms with Crippen LogP contribution in [0.5, 0.6) is 0 Å². The van der Waals surface area contributed by atoms with Crippen molar-refractivity contribution in [2.24, 2.45) is 5.73 Å². The van der Waals surface area contributed by atoms with Gasteiger partial charge in [0.2, 0.25) is 0 Å². The number of hydrogen-bond donors (Lipinski definition) is 2. The van der Waals surface area contributed by atoms with Gasteiger partial charge in [0.1, 0.15) is 5.02 Å². The molecule has 2 rings (SSSR count). The number of amides is 1. The molecule has 0 radical (unpaired) electrons. The molecule has 108 valence electrons. The lowest BCUT2D eigenvalue weighted by Gasteiger charge is -2.06. The molecular formula is C13H11ClN4O3. The third kappa shape index (κ3) is 3.53. The van der Waals surface area contributed by atoms with E-state index >= 15 is 0 Å². The molecule has 0 aliphatic heterocycles. The minimum Gasteiger partial charge on any atom is -0.325 e. The summed E-state index contributed by atoms with van der Waals surface area (Å²) in [6.45, 7) is 0.216. The van der Waals surface area contributed by atoms with Gasteiger partial charge in [-0.2, -0.15) is 0 Å². The molecular weight excluding hydrogens is 296 g/mol. The number of halogens is 1. The molecule has 0 saturated heterocycles. The van der Waals surface area contributed by atoms with E-state index in [-0.39, 0.29) is 22.9 Å². The van der Waals surface area contributed by atoms with Crippen LogP contribution in [-0.2, 0) is 6.54 Å². The molecule has 0 aliphatic rings. The van der Waals surface area contributed by atoms with Gasteiger partial charge in [-0.25, -0.2) is 0 Å². The second-order valence-electron chi connectivity index (χ2n) is 4.12. The first-order valence-electron chi connectivity index (χ1n) is 5.91. The van der Waals surface area contributed by atoms with Crippen LogP contribution in [0.25, 0.3) is 0 Å². The number of pyridine rings is 1. The van der Waals surface area contributed by atoms with Crippen LogP contribution in [-0.4, -0.2) is 15.8 Å². The standard InChI is InChI=1S/C13H11ClN4O3/c14-11-2-1-9(6-12(11)18(20)21)17-13(19)8-3-4-16-10(5-8)7-15/h1-6H,7,15H2,(H,17,19). The number of nitrogens with two attached hydrogens (primary N) is 1. The maximum Gasteiger partial charge on any atom is 0.289 e. The van der Waals surface area contributed by atoms with Crippen LogP contribution in [0.3, 0.4) is 0 Å². The summed E-state index contributed by atoms with van der Waals surface area (Å²) in [5, 5.41) is 13.4. The summed E-state index contributed by atoms with van der Waals surface area (Å²) in [6.07, 6.45) is 1.47. The van der Waals surface area contributed by atoms with Crippen LogP contribution in [0.4, 0.5) is 11.4 Å². The maximum absolute atomic E-state index is 12.1. The molecule has 3 N–H and O–H groups in total. The first-order valence-corrected chi connectivity index (χ1v) is 6.29. The number of nitrogens with zero attached hydrogens (tertiary/aromatic N) is 2. The molecule has 1 aromatic carbocycles. The Morgan fingerprint density at radius 3 is 2.81 bits per heavy atom. The van der Waals surface area contributed by atoms with E-state index in [2.05, 4.69) is 10.3 Å². The van der Waals surface area contributed by atoms with Gasteiger partial charge >= 0.3 is 0 Å². The van der Waals surface area contributed by atoms with Crippen LogP contribution in [0.2, 0.25) is 5.02 Å². The molecule has 0 bridgehead atoms. The number of rotatable bonds is 4. The van der Waals surface area contributed by atoms with Crippen LogP contribution in [0, 0.1) is 10.1 Å². The second kappa shape index (κ2) is 6.29. The summed E-state index contributed by atoms with van der Waals surface area (Å²) in [5.74, 6) is -0.413. The minimum atomic E-state index is -0.614. The van der Waals surface area contributed by atoms with Crippen molar-refractivity contribution in [3.8, 4) is 0 Å². The van der Waals surface area contributed by atoms with E-state index in [1.165, 1.54) is 30.5 Å². The summed E-state index contributed by atoms with van der Waals surface area (Å²) in [5.41, 5.74) is 6.40. The van der Waals surface area contributed by atoms with Crippen molar-refractivity contribution in [2.45, 2.75) is 6.54 Å². The zero-order valence-electron chi connectivity index (χ0n) is 10.7. The van der Waals surface area contributed by atoms with Gasteiger partial charge < -0.3 is 11.1 Å². The topological polar surface area (TPSA) is 111 Å². The predicted octanol–water partition coefficient (Wildman–Crippen LogP) is 2.35. The van der Waals surface area contributed by atoms with Crippen LogP contribution >= 0.6 is 11.6 Å². The summed E-state index contributed by atoms with van der Waals surface area (Å²) in [7, 11) is 0. The van der Waals surface area contributed by atoms with E-state index in [9.17, 15) is 14.9 Å². The van der Waals surface area contributed by atoms with E-state index in [1.54, 1.807) is 6.07 Å². The zero-order valence-corrected chi connectivity index (χ0v) is 11.5. The maximum atomic E-state index is 12.1. The molecule has 7 nitrogen and oxygen atoms in total. The van der Waals surface area contributed by atoms with Crippen LogP contribution in [0.1, 0.15) is 16.1 Å². The molecule has 0 fully saturated rings. The number of benzene rings is 1. The molecule has 1 aromatic heterocycles. The average Bonchev–Trinajstić information content (AvgIpc) is 2.49. The van der Waals surface area contributed by atoms with Crippen molar-refractivity contribution in [2.75, 3.05) is 5.32 Å². The first-order chi connectivity index (χ1) is 10.0. The number of nitro benzene ring substituents is 1. The Kier molecular flexibility index (Phi) is 4.46. The number of nitro groups is 1. The molecule has 1 amide bonds. The third-order valence-electron chi connectivity index (χ3n) is 2.69. The van der Waals surface area contributed by atoms with E-state index in [4.69, 9.17) is 17.3 Å². The van der Waals surface area contributed by atoms with Crippen molar-refractivity contribution < 1.29 is 9.72 Å². The lowest BCUT2D eigenvalue weighted by Crippen LogP contribution is -2.13. The molecule has 8 heteroatoms. The Labute approximate surface area is 124 Å². The Bertz CT molecular complexity index is 706. The Hall–Kier alpha value is -2.51. The number of aromatic nitrogens is 1. The minimum absolute atomic E-state index is 0.00679. The summed E-state index contributed by atoms with van der Waals surface area (Å²) in [4.78, 5) is 26.2. The number of anilines is 1. The predicted molar refractivity (Wildman–Crippen MR) is 78.2 cm³/mol. The highest BCUT2D eigenvalue weighted by Crippen LogP contribution is 2.27. The van der Waals surface area contributed by atoms with E-state index in [0.29, 0.717) is 11.3 Å². The molecule has 1 heterocycles. The lowest BCUT2D eigenvalue weighted by molar-refractivity contribution is -0.384. The van der Waals surface area contributed by atoms with Gasteiger partial charge in [0.15, 0.2) is 0 Å². The van der Waals surface area contributed by atoms with Gasteiger partial charge in [-0.3, -0.25) is 19.9 Å². The third-order valence-corrected chi connectivity index (χ3v) is 3.01. The monoisotopic (exact) mass is 306 g/mol. The molecule has 0 spiro atoms. The molecule has 0 atom stereocenters. The van der Waals surface area contributed by atoms with Gasteiger partial charge in [0, 0.05) is 30.1 Å². The summed E-state index contributed by atoms with van der Waals surface area (Å²) < 4.78 is 0. The molecule has 0 aliphatic carbocycles. The van der Waals surface area contributed by atoms with Gasteiger partial charge in [-0.15, -0.1) is 0 Å². The van der Waals surface area contributed by atoms with Crippen LogP contribution < -0.4 is 11.1 Å². The molecule has 0 unspecified atom stereocenters. The fourth-order valence-corrected chi connectivity index (χ4v) is 1.85. The Morgan fingerprint density at radius 1 is 1.38 bits per heavy atom. The average molecular weight is 307 g/mol. The molecule has 2 aromatic rings. The Morgan fingerprint density at radius 2 is 2.14 bits per heavy atom. The van der Waals surface area contributed by atoms with E-state index < -0.39 is 10.8 Å². The normalized spacial score (nSPS) is 10.2. The van der Waals surface area contributed by atoms with Crippen molar-refractivity contribution in [3.63, 3.8) is 0 Å². The smallest absolute Gasteiger partial charge is 0.289 e. The highest BCUT2D eigenvalue weighted by atomic mass is 35.5. The fraction of sp³-hybridized carbons (Fsp3) is 0.0769. The highest BCUT2D eigenvalue weighted by molar-refractivity contribution is 6.32. The van der Waals surface area contributed by atoms with Crippen molar-refractivity contribution in [3.05, 3.63) is 62.9 Å². The van der Waals surface area contributed by atoms with Crippen LogP contribution in [0.15, 0.2) is 36.5 Å². The zero-order chi connectivity index (χ0) is 15.4. The van der Waals surface area contributed by atoms with Gasteiger partial charge in [0.25, 0.3) is 11.6 Å². The number of carbonyl (C=O) groups is 1. The van der Waals surface area contributed by atoms with Crippen molar-refractivity contribution in [1.29, 1.82) is 0 Å². The number of hydrogen-bond acceptors (Lipinski definition) is 5. The van der Waals surface area contributed by atoms with Gasteiger partial charge in [-0.05, 0) is 24.3 Å². The van der Waals surface area contributed by atoms with E-state index in [1.807, 2.05) is 0 Å². The summed E-state index contributed by atoms with van der Waals surface area (Å²) in [6, 6.07) is 7.12. The fourth-order valence-electron chi connectivity index (χ4n) is 1.66.